The molecule has 2 saturated heterocycles. The summed E-state index contributed by atoms with van der Waals surface area (Å²) in [4.78, 5) is 58.5. The number of carbonyl (C=O) groups is 4. The fourth-order valence-electron chi connectivity index (χ4n) is 7.71. The van der Waals surface area contributed by atoms with Crippen molar-refractivity contribution >= 4 is 24.4 Å². The molecule has 2 aliphatic rings. The van der Waals surface area contributed by atoms with Gasteiger partial charge in [-0.25, -0.2) is 19.2 Å². The Labute approximate surface area is 364 Å². The van der Waals surface area contributed by atoms with Crippen LogP contribution < -0.4 is 0 Å². The first kappa shape index (κ1) is 50.8. The van der Waals surface area contributed by atoms with Gasteiger partial charge in [0, 0.05) is 57.6 Å². The van der Waals surface area contributed by atoms with Crippen LogP contribution in [0, 0.1) is 0 Å². The number of aliphatic hydroxyl groups is 1. The molecule has 0 spiro atoms. The number of likely N-dealkylation sites (tertiary alicyclic amines) is 2. The number of amides is 4. The van der Waals surface area contributed by atoms with Gasteiger partial charge in [-0.15, -0.1) is 0 Å². The molecule has 1 N–H and O–H groups in total. The first-order valence-electron chi connectivity index (χ1n) is 21.8. The molecular formula is C47H74N4O10. The average Bonchev–Trinajstić information content (AvgIpc) is 3.19. The summed E-state index contributed by atoms with van der Waals surface area (Å²) in [6.45, 7) is 20.7. The summed E-state index contributed by atoms with van der Waals surface area (Å²) in [5.41, 5.74) is 0.678. The van der Waals surface area contributed by atoms with Gasteiger partial charge in [-0.2, -0.15) is 0 Å². The number of aliphatic hydroxyl groups excluding tert-OH is 1. The molecule has 61 heavy (non-hydrogen) atoms. The van der Waals surface area contributed by atoms with Crippen molar-refractivity contribution in [1.82, 2.24) is 19.6 Å². The van der Waals surface area contributed by atoms with E-state index in [1.807, 2.05) is 130 Å². The van der Waals surface area contributed by atoms with E-state index in [0.29, 0.717) is 32.5 Å². The maximum Gasteiger partial charge on any atom is 0.410 e. The maximum atomic E-state index is 13.0. The summed E-state index contributed by atoms with van der Waals surface area (Å²) in [5, 5.41) is 9.42. The normalized spacial score (nSPS) is 19.4. The van der Waals surface area contributed by atoms with Crippen molar-refractivity contribution < 1.29 is 48.0 Å². The van der Waals surface area contributed by atoms with Crippen molar-refractivity contribution in [3.05, 3.63) is 71.8 Å². The molecule has 342 valence electrons. The Kier molecular flexibility index (Phi) is 20.1. The first-order chi connectivity index (χ1) is 28.7. The zero-order valence-corrected chi connectivity index (χ0v) is 38.6. The molecule has 0 aromatic heterocycles. The molecule has 4 atom stereocenters. The zero-order valence-electron chi connectivity index (χ0n) is 38.6. The lowest BCUT2D eigenvalue weighted by Crippen LogP contribution is -2.57. The summed E-state index contributed by atoms with van der Waals surface area (Å²) < 4.78 is 27.6. The van der Waals surface area contributed by atoms with E-state index in [4.69, 9.17) is 23.7 Å². The monoisotopic (exact) mass is 855 g/mol. The molecular weight excluding hydrogens is 781 g/mol. The summed E-state index contributed by atoms with van der Waals surface area (Å²) in [5.74, 6) is 0. The zero-order chi connectivity index (χ0) is 45.3. The van der Waals surface area contributed by atoms with E-state index in [2.05, 4.69) is 0 Å². The molecule has 14 nitrogen and oxygen atoms in total. The highest BCUT2D eigenvalue weighted by molar-refractivity contribution is 5.71. The first-order valence-corrected chi connectivity index (χ1v) is 21.8. The molecule has 0 aliphatic carbocycles. The number of benzene rings is 2. The molecule has 0 bridgehead atoms. The van der Waals surface area contributed by atoms with Gasteiger partial charge >= 0.3 is 24.4 Å². The fraction of sp³-hybridized carbons (Fsp3) is 0.660. The van der Waals surface area contributed by atoms with Crippen LogP contribution in [0.25, 0.3) is 0 Å². The highest BCUT2D eigenvalue weighted by Crippen LogP contribution is 2.29. The van der Waals surface area contributed by atoms with Gasteiger partial charge in [0.05, 0.1) is 12.1 Å². The molecule has 0 unspecified atom stereocenters. The van der Waals surface area contributed by atoms with Crippen LogP contribution in [0.4, 0.5) is 19.2 Å². The second-order valence-electron chi connectivity index (χ2n) is 18.4. The fourth-order valence-corrected chi connectivity index (χ4v) is 7.71. The SMILES string of the molecule is CC(C)N(C(=O)OCc1ccccc1)[C@@H]1CC[C@H](CCO)N(C(=O)OC(C)(C)C)C1.COCC[C@H]1CC[C@@H](N(C(=O)OCc2ccccc2)C(C)C)CN1C(=O)OC(C)(C)C. The van der Waals surface area contributed by atoms with Gasteiger partial charge in [-0.1, -0.05) is 60.7 Å². The quantitative estimate of drug-likeness (QED) is 0.194. The highest BCUT2D eigenvalue weighted by atomic mass is 16.6. The maximum absolute atomic E-state index is 13.0. The van der Waals surface area contributed by atoms with Crippen molar-refractivity contribution in [3.63, 3.8) is 0 Å². The third-order valence-corrected chi connectivity index (χ3v) is 10.5. The molecule has 2 heterocycles. The number of nitrogens with zero attached hydrogens (tertiary/aromatic N) is 4. The number of ether oxygens (including phenoxy) is 5. The molecule has 2 fully saturated rings. The van der Waals surface area contributed by atoms with Crippen LogP contribution in [0.1, 0.15) is 119 Å². The molecule has 2 aliphatic heterocycles. The number of hydrogen-bond donors (Lipinski definition) is 1. The summed E-state index contributed by atoms with van der Waals surface area (Å²) in [6.07, 6.45) is 2.74. The van der Waals surface area contributed by atoms with E-state index in [-0.39, 0.29) is 74.4 Å². The Bertz CT molecular complexity index is 1630. The van der Waals surface area contributed by atoms with E-state index >= 15 is 0 Å². The summed E-state index contributed by atoms with van der Waals surface area (Å²) in [7, 11) is 1.66. The highest BCUT2D eigenvalue weighted by Gasteiger charge is 2.40. The van der Waals surface area contributed by atoms with E-state index < -0.39 is 17.3 Å². The molecule has 4 amide bonds. The van der Waals surface area contributed by atoms with Crippen LogP contribution in [-0.4, -0.2) is 130 Å². The number of methoxy groups -OCH3 is 1. The minimum Gasteiger partial charge on any atom is -0.445 e. The van der Waals surface area contributed by atoms with Gasteiger partial charge in [0.25, 0.3) is 0 Å². The second kappa shape index (κ2) is 24.2. The molecule has 0 radical (unpaired) electrons. The largest absolute Gasteiger partial charge is 0.445 e. The lowest BCUT2D eigenvalue weighted by Gasteiger charge is -2.44. The van der Waals surface area contributed by atoms with Crippen molar-refractivity contribution in [2.24, 2.45) is 0 Å². The average molecular weight is 855 g/mol. The Morgan fingerprint density at radius 3 is 1.34 bits per heavy atom. The Hall–Kier alpha value is -4.56. The predicted molar refractivity (Wildman–Crippen MR) is 235 cm³/mol. The summed E-state index contributed by atoms with van der Waals surface area (Å²) in [6, 6.07) is 18.7. The van der Waals surface area contributed by atoms with Gasteiger partial charge in [0.15, 0.2) is 0 Å². The van der Waals surface area contributed by atoms with Crippen LogP contribution in [0.3, 0.4) is 0 Å². The molecule has 4 rings (SSSR count). The van der Waals surface area contributed by atoms with Gasteiger partial charge < -0.3 is 48.4 Å². The minimum atomic E-state index is -0.611. The summed E-state index contributed by atoms with van der Waals surface area (Å²) >= 11 is 0. The van der Waals surface area contributed by atoms with E-state index in [0.717, 1.165) is 36.8 Å². The number of piperidine rings is 2. The van der Waals surface area contributed by atoms with Crippen LogP contribution in [0.5, 0.6) is 0 Å². The number of rotatable bonds is 13. The van der Waals surface area contributed by atoms with E-state index in [1.54, 1.807) is 26.7 Å². The standard InChI is InChI=1S/C24H38N2O5.C23H36N2O5/c1-18(2)26(23(28)30-17-19-10-8-7-9-11-19)21-13-12-20(14-15-29-6)25(16-21)22(27)31-24(3,4)5;1-17(2)25(22(28)29-16-18-9-7-6-8-10-18)20-12-11-19(13-14-26)24(15-20)21(27)30-23(3,4)5/h7-11,18,20-21H,12-17H2,1-6H3;6-10,17,19-20,26H,11-16H2,1-5H3/t20-,21-;19-,20-/m11/s1. The molecule has 2 aromatic carbocycles. The van der Waals surface area contributed by atoms with Gasteiger partial charge in [-0.05, 0) is 119 Å². The van der Waals surface area contributed by atoms with Crippen molar-refractivity contribution in [3.8, 4) is 0 Å². The molecule has 14 heteroatoms. The van der Waals surface area contributed by atoms with E-state index in [1.165, 1.54) is 0 Å². The third kappa shape index (κ3) is 17.0. The van der Waals surface area contributed by atoms with E-state index in [9.17, 15) is 24.3 Å². The van der Waals surface area contributed by atoms with Crippen LogP contribution in [-0.2, 0) is 36.9 Å². The van der Waals surface area contributed by atoms with Crippen LogP contribution in [0.2, 0.25) is 0 Å². The lowest BCUT2D eigenvalue weighted by atomic mass is 9.95. The topological polar surface area (TPSA) is 148 Å². The Morgan fingerprint density at radius 1 is 0.639 bits per heavy atom. The van der Waals surface area contributed by atoms with Crippen molar-refractivity contribution in [1.29, 1.82) is 0 Å². The predicted octanol–water partition coefficient (Wildman–Crippen LogP) is 9.02. The van der Waals surface area contributed by atoms with Crippen molar-refractivity contribution in [2.45, 2.75) is 168 Å². The van der Waals surface area contributed by atoms with Crippen LogP contribution in [0.15, 0.2) is 60.7 Å². The van der Waals surface area contributed by atoms with Gasteiger partial charge in [0.2, 0.25) is 0 Å². The molecule has 0 saturated carbocycles. The third-order valence-electron chi connectivity index (χ3n) is 10.5. The van der Waals surface area contributed by atoms with Crippen LogP contribution >= 0.6 is 0 Å². The number of hydrogen-bond acceptors (Lipinski definition) is 10. The second-order valence-corrected chi connectivity index (χ2v) is 18.4. The van der Waals surface area contributed by atoms with Crippen molar-refractivity contribution in [2.75, 3.05) is 33.4 Å². The molecule has 2 aromatic rings. The number of carbonyl (C=O) groups excluding carboxylic acids is 4. The smallest absolute Gasteiger partial charge is 0.410 e. The minimum absolute atomic E-state index is 0.00163. The van der Waals surface area contributed by atoms with Gasteiger partial charge in [-0.3, -0.25) is 0 Å². The Balaban J connectivity index is 0.000000325. The lowest BCUT2D eigenvalue weighted by molar-refractivity contribution is -0.0140. The van der Waals surface area contributed by atoms with Gasteiger partial charge in [0.1, 0.15) is 24.4 Å². The Morgan fingerprint density at radius 2 is 1.02 bits per heavy atom.